The first-order valence-electron chi connectivity index (χ1n) is 5.59. The molecule has 2 N–H and O–H groups in total. The van der Waals surface area contributed by atoms with Gasteiger partial charge in [-0.15, -0.1) is 0 Å². The van der Waals surface area contributed by atoms with Gasteiger partial charge in [-0.25, -0.2) is 9.97 Å². The molecule has 1 saturated carbocycles. The normalized spacial score (nSPS) is 17.8. The lowest BCUT2D eigenvalue weighted by Crippen LogP contribution is -2.44. The van der Waals surface area contributed by atoms with Gasteiger partial charge in [0, 0.05) is 6.20 Å². The Morgan fingerprint density at radius 3 is 2.88 bits per heavy atom. The van der Waals surface area contributed by atoms with Gasteiger partial charge in [-0.3, -0.25) is 0 Å². The molecule has 1 aliphatic rings. The van der Waals surface area contributed by atoms with Crippen molar-refractivity contribution in [2.45, 2.75) is 31.7 Å². The SMILES string of the molecule is Cc1ncncc1-c1nc(C2(N)CCC2)no1. The van der Waals surface area contributed by atoms with E-state index >= 15 is 0 Å². The second kappa shape index (κ2) is 3.59. The van der Waals surface area contributed by atoms with Gasteiger partial charge in [-0.05, 0) is 26.2 Å². The second-order valence-corrected chi connectivity index (χ2v) is 4.45. The molecule has 0 aliphatic heterocycles. The third kappa shape index (κ3) is 1.61. The minimum Gasteiger partial charge on any atom is -0.334 e. The summed E-state index contributed by atoms with van der Waals surface area (Å²) in [6, 6.07) is 0. The summed E-state index contributed by atoms with van der Waals surface area (Å²) in [5, 5.41) is 3.96. The third-order valence-corrected chi connectivity index (χ3v) is 3.26. The van der Waals surface area contributed by atoms with Crippen molar-refractivity contribution in [2.24, 2.45) is 5.73 Å². The van der Waals surface area contributed by atoms with Gasteiger partial charge in [0.05, 0.1) is 16.8 Å². The van der Waals surface area contributed by atoms with E-state index in [1.165, 1.54) is 6.33 Å². The topological polar surface area (TPSA) is 90.7 Å². The molecule has 2 aromatic rings. The van der Waals surface area contributed by atoms with E-state index in [0.29, 0.717) is 11.7 Å². The highest BCUT2D eigenvalue weighted by molar-refractivity contribution is 5.54. The van der Waals surface area contributed by atoms with Crippen LogP contribution in [0.15, 0.2) is 17.0 Å². The third-order valence-electron chi connectivity index (χ3n) is 3.26. The standard InChI is InChI=1S/C11H13N5O/c1-7-8(5-13-6-14-7)9-15-10(16-17-9)11(12)3-2-4-11/h5-6H,2-4,12H2,1H3. The van der Waals surface area contributed by atoms with Crippen LogP contribution in [0.2, 0.25) is 0 Å². The van der Waals surface area contributed by atoms with Crippen LogP contribution in [0.1, 0.15) is 30.8 Å². The lowest BCUT2D eigenvalue weighted by Gasteiger charge is -2.34. The van der Waals surface area contributed by atoms with E-state index < -0.39 is 5.54 Å². The van der Waals surface area contributed by atoms with Crippen molar-refractivity contribution in [1.29, 1.82) is 0 Å². The molecule has 1 aliphatic carbocycles. The number of aromatic nitrogens is 4. The molecule has 0 bridgehead atoms. The number of nitrogens with two attached hydrogens (primary N) is 1. The minimum absolute atomic E-state index is 0.398. The highest BCUT2D eigenvalue weighted by Crippen LogP contribution is 2.37. The largest absolute Gasteiger partial charge is 0.334 e. The molecule has 0 unspecified atom stereocenters. The molecular formula is C11H13N5O. The fraction of sp³-hybridized carbons (Fsp3) is 0.455. The summed E-state index contributed by atoms with van der Waals surface area (Å²) in [7, 11) is 0. The predicted octanol–water partition coefficient (Wildman–Crippen LogP) is 1.17. The maximum Gasteiger partial charge on any atom is 0.261 e. The van der Waals surface area contributed by atoms with E-state index in [4.69, 9.17) is 10.3 Å². The Kier molecular flexibility index (Phi) is 2.19. The molecule has 6 heteroatoms. The number of rotatable bonds is 2. The number of hydrogen-bond donors (Lipinski definition) is 1. The molecule has 3 rings (SSSR count). The van der Waals surface area contributed by atoms with Gasteiger partial charge in [0.15, 0.2) is 5.82 Å². The van der Waals surface area contributed by atoms with E-state index in [0.717, 1.165) is 30.5 Å². The summed E-state index contributed by atoms with van der Waals surface area (Å²) in [4.78, 5) is 12.4. The summed E-state index contributed by atoms with van der Waals surface area (Å²) in [6.07, 6.45) is 6.11. The molecule has 2 aromatic heterocycles. The van der Waals surface area contributed by atoms with Crippen molar-refractivity contribution in [2.75, 3.05) is 0 Å². The second-order valence-electron chi connectivity index (χ2n) is 4.45. The van der Waals surface area contributed by atoms with Gasteiger partial charge in [0.1, 0.15) is 6.33 Å². The molecule has 0 saturated heterocycles. The number of aryl methyl sites for hydroxylation is 1. The first kappa shape index (κ1) is 10.3. The van der Waals surface area contributed by atoms with Crippen LogP contribution in [-0.2, 0) is 5.54 Å². The van der Waals surface area contributed by atoms with Gasteiger partial charge >= 0.3 is 0 Å². The van der Waals surface area contributed by atoms with Crippen LogP contribution >= 0.6 is 0 Å². The lowest BCUT2D eigenvalue weighted by molar-refractivity contribution is 0.229. The van der Waals surface area contributed by atoms with Crippen molar-refractivity contribution in [1.82, 2.24) is 20.1 Å². The highest BCUT2D eigenvalue weighted by Gasteiger charge is 2.39. The molecular weight excluding hydrogens is 218 g/mol. The van der Waals surface area contributed by atoms with Crippen LogP contribution < -0.4 is 5.73 Å². The average Bonchev–Trinajstić information content (AvgIpc) is 2.76. The number of hydrogen-bond acceptors (Lipinski definition) is 6. The summed E-state index contributed by atoms with van der Waals surface area (Å²) >= 11 is 0. The Hall–Kier alpha value is -1.82. The Bertz CT molecular complexity index is 546. The van der Waals surface area contributed by atoms with Gasteiger partial charge in [-0.2, -0.15) is 4.98 Å². The Morgan fingerprint density at radius 2 is 2.24 bits per heavy atom. The molecule has 2 heterocycles. The predicted molar refractivity (Wildman–Crippen MR) is 59.8 cm³/mol. The van der Waals surface area contributed by atoms with Crippen molar-refractivity contribution in [3.63, 3.8) is 0 Å². The number of nitrogens with zero attached hydrogens (tertiary/aromatic N) is 4. The summed E-state index contributed by atoms with van der Waals surface area (Å²) < 4.78 is 5.23. The zero-order valence-electron chi connectivity index (χ0n) is 9.55. The van der Waals surface area contributed by atoms with Crippen molar-refractivity contribution in [3.05, 3.63) is 24.0 Å². The van der Waals surface area contributed by atoms with Crippen LogP contribution in [0, 0.1) is 6.92 Å². The molecule has 17 heavy (non-hydrogen) atoms. The summed E-state index contributed by atoms with van der Waals surface area (Å²) in [5.41, 5.74) is 7.31. The van der Waals surface area contributed by atoms with E-state index in [-0.39, 0.29) is 0 Å². The lowest BCUT2D eigenvalue weighted by atomic mass is 9.77. The molecule has 0 amide bonds. The van der Waals surface area contributed by atoms with Crippen LogP contribution in [0.5, 0.6) is 0 Å². The molecule has 88 valence electrons. The minimum atomic E-state index is -0.398. The van der Waals surface area contributed by atoms with E-state index in [2.05, 4.69) is 20.1 Å². The smallest absolute Gasteiger partial charge is 0.261 e. The quantitative estimate of drug-likeness (QED) is 0.834. The molecule has 0 spiro atoms. The maximum atomic E-state index is 6.14. The first-order valence-corrected chi connectivity index (χ1v) is 5.59. The fourth-order valence-corrected chi connectivity index (χ4v) is 1.92. The van der Waals surface area contributed by atoms with Crippen LogP contribution in [0.3, 0.4) is 0 Å². The monoisotopic (exact) mass is 231 g/mol. The van der Waals surface area contributed by atoms with Crippen LogP contribution in [-0.4, -0.2) is 20.1 Å². The molecule has 0 radical (unpaired) electrons. The van der Waals surface area contributed by atoms with Gasteiger partial charge in [-0.1, -0.05) is 5.16 Å². The van der Waals surface area contributed by atoms with E-state index in [9.17, 15) is 0 Å². The zero-order valence-corrected chi connectivity index (χ0v) is 9.55. The van der Waals surface area contributed by atoms with Gasteiger partial charge in [0.25, 0.3) is 5.89 Å². The van der Waals surface area contributed by atoms with E-state index in [1.807, 2.05) is 6.92 Å². The van der Waals surface area contributed by atoms with Gasteiger partial charge < -0.3 is 10.3 Å². The first-order chi connectivity index (χ1) is 8.19. The highest BCUT2D eigenvalue weighted by atomic mass is 16.5. The van der Waals surface area contributed by atoms with Crippen molar-refractivity contribution >= 4 is 0 Å². The van der Waals surface area contributed by atoms with Crippen molar-refractivity contribution in [3.8, 4) is 11.5 Å². The summed E-state index contributed by atoms with van der Waals surface area (Å²) in [6.45, 7) is 1.88. The average molecular weight is 231 g/mol. The fourth-order valence-electron chi connectivity index (χ4n) is 1.92. The molecule has 1 fully saturated rings. The Labute approximate surface area is 98.3 Å². The van der Waals surface area contributed by atoms with Crippen molar-refractivity contribution < 1.29 is 4.52 Å². The zero-order chi connectivity index (χ0) is 11.9. The Balaban J connectivity index is 1.98. The summed E-state index contributed by atoms with van der Waals surface area (Å²) in [5.74, 6) is 1.02. The van der Waals surface area contributed by atoms with Gasteiger partial charge in [0.2, 0.25) is 0 Å². The maximum absolute atomic E-state index is 6.14. The van der Waals surface area contributed by atoms with Crippen LogP contribution in [0.25, 0.3) is 11.5 Å². The molecule has 0 atom stereocenters. The van der Waals surface area contributed by atoms with Crippen LogP contribution in [0.4, 0.5) is 0 Å². The molecule has 6 nitrogen and oxygen atoms in total. The van der Waals surface area contributed by atoms with E-state index in [1.54, 1.807) is 6.20 Å². The Morgan fingerprint density at radius 1 is 1.41 bits per heavy atom. The molecule has 0 aromatic carbocycles.